The van der Waals surface area contributed by atoms with E-state index in [2.05, 4.69) is 9.97 Å². The van der Waals surface area contributed by atoms with Gasteiger partial charge in [0.2, 0.25) is 0 Å². The van der Waals surface area contributed by atoms with Crippen LogP contribution in [0.4, 0.5) is 0 Å². The van der Waals surface area contributed by atoms with Crippen molar-refractivity contribution in [2.24, 2.45) is 0 Å². The number of aromatic nitrogens is 3. The molecule has 0 bridgehead atoms. The van der Waals surface area contributed by atoms with Crippen LogP contribution in [0.5, 0.6) is 11.5 Å². The number of nitrogens with one attached hydrogen (secondary N) is 1. The van der Waals surface area contributed by atoms with Gasteiger partial charge in [-0.05, 0) is 43.4 Å². The standard InChI is InChI=1S/C15H15N3O2S/c1-9-4-6-11-14(16-9)18(15(21)17-11)10-5-7-12(19-2)13(8-10)20-3/h4-8H,1-3H3,(H,17,21). The van der Waals surface area contributed by atoms with E-state index in [0.29, 0.717) is 16.3 Å². The minimum absolute atomic E-state index is 0.593. The number of hydrogen-bond acceptors (Lipinski definition) is 4. The van der Waals surface area contributed by atoms with E-state index < -0.39 is 0 Å². The number of nitrogens with zero attached hydrogens (tertiary/aromatic N) is 2. The van der Waals surface area contributed by atoms with E-state index in [1.807, 2.05) is 41.8 Å². The van der Waals surface area contributed by atoms with Gasteiger partial charge in [0.15, 0.2) is 21.9 Å². The fourth-order valence-electron chi connectivity index (χ4n) is 2.28. The van der Waals surface area contributed by atoms with E-state index in [9.17, 15) is 0 Å². The number of hydrogen-bond donors (Lipinski definition) is 1. The Morgan fingerprint density at radius 3 is 2.57 bits per heavy atom. The number of rotatable bonds is 3. The van der Waals surface area contributed by atoms with Crippen LogP contribution < -0.4 is 9.47 Å². The van der Waals surface area contributed by atoms with Crippen LogP contribution in [0.15, 0.2) is 30.3 Å². The molecule has 1 aromatic carbocycles. The molecule has 0 unspecified atom stereocenters. The highest BCUT2D eigenvalue weighted by Gasteiger charge is 2.11. The molecule has 6 heteroatoms. The molecule has 0 saturated carbocycles. The maximum absolute atomic E-state index is 5.41. The number of imidazole rings is 1. The number of methoxy groups -OCH3 is 2. The number of benzene rings is 1. The van der Waals surface area contributed by atoms with Crippen LogP contribution >= 0.6 is 12.2 Å². The topological polar surface area (TPSA) is 52.1 Å². The molecule has 108 valence electrons. The second-order valence-corrected chi connectivity index (χ2v) is 5.02. The van der Waals surface area contributed by atoms with Crippen LogP contribution in [0, 0.1) is 11.7 Å². The predicted molar refractivity (Wildman–Crippen MR) is 84.1 cm³/mol. The summed E-state index contributed by atoms with van der Waals surface area (Å²) in [6, 6.07) is 9.59. The Balaban J connectivity index is 2.27. The van der Waals surface area contributed by atoms with Crippen LogP contribution in [-0.4, -0.2) is 28.8 Å². The summed E-state index contributed by atoms with van der Waals surface area (Å²) in [7, 11) is 3.22. The van der Waals surface area contributed by atoms with Gasteiger partial charge in [0.25, 0.3) is 0 Å². The fourth-order valence-corrected chi connectivity index (χ4v) is 2.58. The highest BCUT2D eigenvalue weighted by molar-refractivity contribution is 7.71. The largest absolute Gasteiger partial charge is 0.493 e. The van der Waals surface area contributed by atoms with Crippen LogP contribution in [0.1, 0.15) is 5.69 Å². The van der Waals surface area contributed by atoms with Gasteiger partial charge in [-0.15, -0.1) is 0 Å². The zero-order valence-corrected chi connectivity index (χ0v) is 12.8. The van der Waals surface area contributed by atoms with Crippen molar-refractivity contribution in [2.75, 3.05) is 14.2 Å². The van der Waals surface area contributed by atoms with Crippen molar-refractivity contribution in [2.45, 2.75) is 6.92 Å². The molecule has 3 aromatic rings. The van der Waals surface area contributed by atoms with Gasteiger partial charge in [-0.3, -0.25) is 4.57 Å². The van der Waals surface area contributed by atoms with E-state index in [1.165, 1.54) is 0 Å². The van der Waals surface area contributed by atoms with Gasteiger partial charge >= 0.3 is 0 Å². The molecule has 0 aliphatic heterocycles. The SMILES string of the molecule is COc1ccc(-n2c(=S)[nH]c3ccc(C)nc32)cc1OC. The first kappa shape index (κ1) is 13.6. The average Bonchev–Trinajstić information content (AvgIpc) is 2.81. The summed E-state index contributed by atoms with van der Waals surface area (Å²) < 4.78 is 13.1. The van der Waals surface area contributed by atoms with Gasteiger partial charge < -0.3 is 14.5 Å². The molecule has 0 saturated heterocycles. The lowest BCUT2D eigenvalue weighted by atomic mass is 10.2. The minimum Gasteiger partial charge on any atom is -0.493 e. The van der Waals surface area contributed by atoms with Crippen LogP contribution in [0.3, 0.4) is 0 Å². The number of fused-ring (bicyclic) bond motifs is 1. The molecule has 0 radical (unpaired) electrons. The molecule has 0 atom stereocenters. The normalized spacial score (nSPS) is 10.8. The van der Waals surface area contributed by atoms with Crippen molar-refractivity contribution >= 4 is 23.4 Å². The second kappa shape index (κ2) is 5.21. The van der Waals surface area contributed by atoms with E-state index in [0.717, 1.165) is 22.5 Å². The van der Waals surface area contributed by atoms with Gasteiger partial charge in [-0.1, -0.05) is 0 Å². The van der Waals surface area contributed by atoms with Crippen LogP contribution in [0.25, 0.3) is 16.9 Å². The first-order valence-corrected chi connectivity index (χ1v) is 6.85. The van der Waals surface area contributed by atoms with E-state index in [1.54, 1.807) is 14.2 Å². The summed E-state index contributed by atoms with van der Waals surface area (Å²) in [5.74, 6) is 1.33. The number of aryl methyl sites for hydroxylation is 1. The molecule has 0 amide bonds. The average molecular weight is 301 g/mol. The third-order valence-electron chi connectivity index (χ3n) is 3.30. The molecule has 0 spiro atoms. The number of ether oxygens (including phenoxy) is 2. The molecule has 21 heavy (non-hydrogen) atoms. The second-order valence-electron chi connectivity index (χ2n) is 4.63. The Hall–Kier alpha value is -2.34. The predicted octanol–water partition coefficient (Wildman–Crippen LogP) is 3.41. The Kier molecular flexibility index (Phi) is 3.39. The Labute approximate surface area is 127 Å². The van der Waals surface area contributed by atoms with Crippen molar-refractivity contribution in [3.8, 4) is 17.2 Å². The molecule has 0 fully saturated rings. The minimum atomic E-state index is 0.593. The van der Waals surface area contributed by atoms with Crippen molar-refractivity contribution in [1.82, 2.24) is 14.5 Å². The quantitative estimate of drug-likeness (QED) is 0.753. The molecule has 0 aliphatic carbocycles. The van der Waals surface area contributed by atoms with Crippen LogP contribution in [0.2, 0.25) is 0 Å². The summed E-state index contributed by atoms with van der Waals surface area (Å²) in [5.41, 5.74) is 3.51. The molecule has 2 aromatic heterocycles. The summed E-state index contributed by atoms with van der Waals surface area (Å²) in [6.07, 6.45) is 0. The third kappa shape index (κ3) is 2.27. The summed E-state index contributed by atoms with van der Waals surface area (Å²) >= 11 is 5.41. The number of H-pyrrole nitrogens is 1. The number of pyridine rings is 1. The highest BCUT2D eigenvalue weighted by atomic mass is 32.1. The number of aromatic amines is 1. The fraction of sp³-hybridized carbons (Fsp3) is 0.200. The molecule has 5 nitrogen and oxygen atoms in total. The summed E-state index contributed by atoms with van der Waals surface area (Å²) in [5, 5.41) is 0. The van der Waals surface area contributed by atoms with Gasteiger partial charge in [-0.25, -0.2) is 4.98 Å². The molecular formula is C15H15N3O2S. The lowest BCUT2D eigenvalue weighted by molar-refractivity contribution is 0.355. The first-order chi connectivity index (χ1) is 10.1. The monoisotopic (exact) mass is 301 g/mol. The molecule has 2 heterocycles. The Morgan fingerprint density at radius 1 is 1.10 bits per heavy atom. The van der Waals surface area contributed by atoms with Gasteiger partial charge in [0, 0.05) is 11.8 Å². The zero-order chi connectivity index (χ0) is 15.0. The zero-order valence-electron chi connectivity index (χ0n) is 12.0. The summed E-state index contributed by atoms with van der Waals surface area (Å²) in [6.45, 7) is 1.95. The molecule has 0 aliphatic rings. The van der Waals surface area contributed by atoms with Crippen molar-refractivity contribution < 1.29 is 9.47 Å². The van der Waals surface area contributed by atoms with Crippen molar-refractivity contribution in [3.63, 3.8) is 0 Å². The highest BCUT2D eigenvalue weighted by Crippen LogP contribution is 2.30. The molecule has 1 N–H and O–H groups in total. The lowest BCUT2D eigenvalue weighted by Gasteiger charge is -2.10. The van der Waals surface area contributed by atoms with Gasteiger partial charge in [0.1, 0.15) is 0 Å². The van der Waals surface area contributed by atoms with E-state index >= 15 is 0 Å². The molecule has 3 rings (SSSR count). The maximum Gasteiger partial charge on any atom is 0.184 e. The Morgan fingerprint density at radius 2 is 1.86 bits per heavy atom. The maximum atomic E-state index is 5.41. The lowest BCUT2D eigenvalue weighted by Crippen LogP contribution is -1.98. The Bertz CT molecular complexity index is 867. The van der Waals surface area contributed by atoms with Crippen molar-refractivity contribution in [3.05, 3.63) is 40.8 Å². The van der Waals surface area contributed by atoms with E-state index in [4.69, 9.17) is 21.7 Å². The van der Waals surface area contributed by atoms with Crippen LogP contribution in [-0.2, 0) is 0 Å². The third-order valence-corrected chi connectivity index (χ3v) is 3.58. The smallest absolute Gasteiger partial charge is 0.184 e. The molecular weight excluding hydrogens is 286 g/mol. The first-order valence-electron chi connectivity index (χ1n) is 6.45. The summed E-state index contributed by atoms with van der Waals surface area (Å²) in [4.78, 5) is 7.73. The van der Waals surface area contributed by atoms with E-state index in [-0.39, 0.29) is 0 Å². The van der Waals surface area contributed by atoms with Gasteiger partial charge in [0.05, 0.1) is 25.4 Å². The van der Waals surface area contributed by atoms with Gasteiger partial charge in [-0.2, -0.15) is 0 Å². The van der Waals surface area contributed by atoms with Crippen molar-refractivity contribution in [1.29, 1.82) is 0 Å².